The number of H-pyrrole nitrogens is 1. The Balaban J connectivity index is 2.55. The molecule has 0 spiro atoms. The number of halogens is 1. The molecule has 1 atom stereocenters. The number of nitrogens with one attached hydrogen (secondary N) is 1. The molecule has 0 fully saturated rings. The standard InChI is InChI=1S/C11H13FN2/c1-7(13)5-8-6-14-10-4-2-3-9(12)11(8)10/h2-4,6-7,14H,5,13H2,1H3. The lowest BCUT2D eigenvalue weighted by molar-refractivity contribution is 0.637. The number of nitrogens with two attached hydrogens (primary N) is 1. The Morgan fingerprint density at radius 2 is 2.29 bits per heavy atom. The van der Waals surface area contributed by atoms with E-state index in [-0.39, 0.29) is 11.9 Å². The SMILES string of the molecule is CC(N)Cc1c[nH]c2cccc(F)c12. The maximum Gasteiger partial charge on any atom is 0.132 e. The zero-order valence-electron chi connectivity index (χ0n) is 8.05. The predicted octanol–water partition coefficient (Wildman–Crippen LogP) is 2.20. The van der Waals surface area contributed by atoms with Crippen LogP contribution in [0.4, 0.5) is 4.39 Å². The van der Waals surface area contributed by atoms with E-state index in [9.17, 15) is 4.39 Å². The first-order valence-electron chi connectivity index (χ1n) is 4.68. The lowest BCUT2D eigenvalue weighted by Gasteiger charge is -2.03. The summed E-state index contributed by atoms with van der Waals surface area (Å²) in [6.07, 6.45) is 2.53. The summed E-state index contributed by atoms with van der Waals surface area (Å²) >= 11 is 0. The van der Waals surface area contributed by atoms with Crippen LogP contribution < -0.4 is 5.73 Å². The van der Waals surface area contributed by atoms with E-state index in [2.05, 4.69) is 4.98 Å². The molecule has 0 aliphatic rings. The molecule has 0 aliphatic heterocycles. The van der Waals surface area contributed by atoms with Crippen molar-refractivity contribution in [3.05, 3.63) is 35.8 Å². The summed E-state index contributed by atoms with van der Waals surface area (Å²) in [6.45, 7) is 1.92. The fraction of sp³-hybridized carbons (Fsp3) is 0.273. The first-order valence-corrected chi connectivity index (χ1v) is 4.68. The van der Waals surface area contributed by atoms with Gasteiger partial charge in [0.2, 0.25) is 0 Å². The van der Waals surface area contributed by atoms with Crippen molar-refractivity contribution in [3.63, 3.8) is 0 Å². The van der Waals surface area contributed by atoms with Crippen molar-refractivity contribution in [1.29, 1.82) is 0 Å². The largest absolute Gasteiger partial charge is 0.361 e. The molecule has 3 heteroatoms. The lowest BCUT2D eigenvalue weighted by Crippen LogP contribution is -2.17. The molecule has 3 N–H and O–H groups in total. The normalized spacial score (nSPS) is 13.4. The quantitative estimate of drug-likeness (QED) is 0.752. The summed E-state index contributed by atoms with van der Waals surface area (Å²) < 4.78 is 13.5. The van der Waals surface area contributed by atoms with Gasteiger partial charge in [0.25, 0.3) is 0 Å². The Kier molecular flexibility index (Phi) is 2.25. The highest BCUT2D eigenvalue weighted by Gasteiger charge is 2.09. The first-order chi connectivity index (χ1) is 6.68. The zero-order chi connectivity index (χ0) is 10.1. The van der Waals surface area contributed by atoms with E-state index in [1.807, 2.05) is 19.2 Å². The molecule has 14 heavy (non-hydrogen) atoms. The van der Waals surface area contributed by atoms with E-state index in [1.165, 1.54) is 6.07 Å². The van der Waals surface area contributed by atoms with Crippen LogP contribution in [0.5, 0.6) is 0 Å². The Morgan fingerprint density at radius 1 is 1.50 bits per heavy atom. The van der Waals surface area contributed by atoms with Gasteiger partial charge in [-0.15, -0.1) is 0 Å². The molecular formula is C11H13FN2. The van der Waals surface area contributed by atoms with E-state index < -0.39 is 0 Å². The van der Waals surface area contributed by atoms with Gasteiger partial charge in [-0.25, -0.2) is 4.39 Å². The molecular weight excluding hydrogens is 179 g/mol. The van der Waals surface area contributed by atoms with E-state index in [1.54, 1.807) is 6.07 Å². The van der Waals surface area contributed by atoms with Gasteiger partial charge in [-0.1, -0.05) is 6.07 Å². The predicted molar refractivity (Wildman–Crippen MR) is 55.6 cm³/mol. The van der Waals surface area contributed by atoms with Gasteiger partial charge in [0.15, 0.2) is 0 Å². The molecule has 0 bridgehead atoms. The van der Waals surface area contributed by atoms with Crippen molar-refractivity contribution in [2.45, 2.75) is 19.4 Å². The zero-order valence-corrected chi connectivity index (χ0v) is 8.05. The van der Waals surface area contributed by atoms with Crippen molar-refractivity contribution < 1.29 is 4.39 Å². The molecule has 0 saturated carbocycles. The fourth-order valence-electron chi connectivity index (χ4n) is 1.72. The molecule has 1 heterocycles. The summed E-state index contributed by atoms with van der Waals surface area (Å²) in [5, 5.41) is 0.671. The Labute approximate surface area is 81.9 Å². The minimum atomic E-state index is -0.181. The van der Waals surface area contributed by atoms with Gasteiger partial charge in [-0.3, -0.25) is 0 Å². The van der Waals surface area contributed by atoms with Gasteiger partial charge in [0.05, 0.1) is 0 Å². The van der Waals surface area contributed by atoms with Crippen LogP contribution in [0, 0.1) is 5.82 Å². The second-order valence-corrected chi connectivity index (χ2v) is 3.66. The van der Waals surface area contributed by atoms with Crippen LogP contribution in [0.25, 0.3) is 10.9 Å². The van der Waals surface area contributed by atoms with E-state index in [0.717, 1.165) is 11.1 Å². The molecule has 0 saturated heterocycles. The van der Waals surface area contributed by atoms with Gasteiger partial charge in [0.1, 0.15) is 5.82 Å². The maximum atomic E-state index is 13.5. The molecule has 1 unspecified atom stereocenters. The highest BCUT2D eigenvalue weighted by atomic mass is 19.1. The van der Waals surface area contributed by atoms with Crippen molar-refractivity contribution in [2.24, 2.45) is 5.73 Å². The number of fused-ring (bicyclic) bond motifs is 1. The fourth-order valence-corrected chi connectivity index (χ4v) is 1.72. The van der Waals surface area contributed by atoms with Crippen molar-refractivity contribution in [3.8, 4) is 0 Å². The van der Waals surface area contributed by atoms with E-state index in [4.69, 9.17) is 5.73 Å². The third-order valence-corrected chi connectivity index (χ3v) is 2.28. The summed E-state index contributed by atoms with van der Waals surface area (Å²) in [7, 11) is 0. The third-order valence-electron chi connectivity index (χ3n) is 2.28. The Morgan fingerprint density at radius 3 is 3.00 bits per heavy atom. The summed E-state index contributed by atoms with van der Waals surface area (Å²) in [6, 6.07) is 5.09. The summed E-state index contributed by atoms with van der Waals surface area (Å²) in [5.41, 5.74) is 7.47. The topological polar surface area (TPSA) is 41.8 Å². The summed E-state index contributed by atoms with van der Waals surface area (Å²) in [4.78, 5) is 3.04. The van der Waals surface area contributed by atoms with Crippen LogP contribution in [0.2, 0.25) is 0 Å². The van der Waals surface area contributed by atoms with Gasteiger partial charge < -0.3 is 10.7 Å². The van der Waals surface area contributed by atoms with Crippen LogP contribution in [-0.4, -0.2) is 11.0 Å². The number of rotatable bonds is 2. The van der Waals surface area contributed by atoms with Crippen LogP contribution >= 0.6 is 0 Å². The van der Waals surface area contributed by atoms with Crippen LogP contribution in [0.1, 0.15) is 12.5 Å². The lowest BCUT2D eigenvalue weighted by atomic mass is 10.1. The van der Waals surface area contributed by atoms with Gasteiger partial charge in [-0.05, 0) is 31.0 Å². The minimum absolute atomic E-state index is 0.0496. The van der Waals surface area contributed by atoms with Gasteiger partial charge in [-0.2, -0.15) is 0 Å². The summed E-state index contributed by atoms with van der Waals surface area (Å²) in [5.74, 6) is -0.181. The van der Waals surface area contributed by atoms with Crippen LogP contribution in [-0.2, 0) is 6.42 Å². The van der Waals surface area contributed by atoms with E-state index in [0.29, 0.717) is 11.8 Å². The van der Waals surface area contributed by atoms with Crippen molar-refractivity contribution in [2.75, 3.05) is 0 Å². The third kappa shape index (κ3) is 1.51. The highest BCUT2D eigenvalue weighted by molar-refractivity contribution is 5.83. The van der Waals surface area contributed by atoms with Crippen LogP contribution in [0.3, 0.4) is 0 Å². The van der Waals surface area contributed by atoms with E-state index >= 15 is 0 Å². The second-order valence-electron chi connectivity index (χ2n) is 3.66. The first kappa shape index (κ1) is 9.21. The maximum absolute atomic E-state index is 13.5. The molecule has 2 aromatic rings. The molecule has 0 aliphatic carbocycles. The van der Waals surface area contributed by atoms with Gasteiger partial charge in [0, 0.05) is 23.1 Å². The number of benzene rings is 1. The Hall–Kier alpha value is -1.35. The molecule has 1 aromatic heterocycles. The monoisotopic (exact) mass is 192 g/mol. The van der Waals surface area contributed by atoms with Crippen molar-refractivity contribution >= 4 is 10.9 Å². The molecule has 2 nitrogen and oxygen atoms in total. The molecule has 2 rings (SSSR count). The Bertz CT molecular complexity index is 445. The molecule has 74 valence electrons. The molecule has 0 radical (unpaired) electrons. The van der Waals surface area contributed by atoms with Crippen LogP contribution in [0.15, 0.2) is 24.4 Å². The average Bonchev–Trinajstić information content (AvgIpc) is 2.49. The number of hydrogen-bond donors (Lipinski definition) is 2. The number of aromatic nitrogens is 1. The second kappa shape index (κ2) is 3.42. The number of aromatic amines is 1. The van der Waals surface area contributed by atoms with Gasteiger partial charge >= 0.3 is 0 Å². The number of hydrogen-bond acceptors (Lipinski definition) is 1. The minimum Gasteiger partial charge on any atom is -0.361 e. The smallest absolute Gasteiger partial charge is 0.132 e. The average molecular weight is 192 g/mol. The molecule has 1 aromatic carbocycles. The van der Waals surface area contributed by atoms with Crippen molar-refractivity contribution in [1.82, 2.24) is 4.98 Å². The molecule has 0 amide bonds. The highest BCUT2D eigenvalue weighted by Crippen LogP contribution is 2.22.